The van der Waals surface area contributed by atoms with Gasteiger partial charge >= 0.3 is 0 Å². The zero-order valence-electron chi connectivity index (χ0n) is 17.3. The fourth-order valence-electron chi connectivity index (χ4n) is 3.78. The third-order valence-corrected chi connectivity index (χ3v) is 6.38. The van der Waals surface area contributed by atoms with Crippen LogP contribution in [0.15, 0.2) is 41.8 Å². The van der Waals surface area contributed by atoms with Gasteiger partial charge < -0.3 is 24.3 Å². The van der Waals surface area contributed by atoms with Crippen molar-refractivity contribution in [3.8, 4) is 34.1 Å². The first-order valence-corrected chi connectivity index (χ1v) is 10.3. The van der Waals surface area contributed by atoms with Gasteiger partial charge in [0.1, 0.15) is 5.75 Å². The number of thiophene rings is 1. The molecule has 6 nitrogen and oxygen atoms in total. The number of ether oxygens (including phenoxy) is 4. The Kier molecular flexibility index (Phi) is 5.55. The van der Waals surface area contributed by atoms with Crippen molar-refractivity contribution in [1.29, 1.82) is 0 Å². The van der Waals surface area contributed by atoms with Crippen LogP contribution < -0.4 is 24.3 Å². The van der Waals surface area contributed by atoms with E-state index in [1.807, 2.05) is 36.4 Å². The molecule has 1 amide bonds. The molecule has 0 saturated carbocycles. The predicted octanol–water partition coefficient (Wildman–Crippen LogP) is 4.92. The third kappa shape index (κ3) is 3.45. The largest absolute Gasteiger partial charge is 0.497 e. The molecule has 0 bridgehead atoms. The summed E-state index contributed by atoms with van der Waals surface area (Å²) in [6.07, 6.45) is 0.355. The summed E-state index contributed by atoms with van der Waals surface area (Å²) in [5, 5.41) is 5.15. The van der Waals surface area contributed by atoms with Gasteiger partial charge in [0, 0.05) is 28.2 Å². The molecule has 0 fully saturated rings. The minimum Gasteiger partial charge on any atom is -0.497 e. The molecule has 7 heteroatoms. The predicted molar refractivity (Wildman–Crippen MR) is 117 cm³/mol. The molecule has 0 spiro atoms. The summed E-state index contributed by atoms with van der Waals surface area (Å²) >= 11 is 1.64. The summed E-state index contributed by atoms with van der Waals surface area (Å²) in [4.78, 5) is 13.7. The number of benzene rings is 2. The molecule has 1 atom stereocenters. The maximum atomic E-state index is 12.6. The fraction of sp³-hybridized carbons (Fsp3) is 0.261. The number of hydrogen-bond donors (Lipinski definition) is 1. The molecule has 1 aromatic heterocycles. The molecular formula is C23H23NO5S. The minimum atomic E-state index is -0.0977. The van der Waals surface area contributed by atoms with E-state index < -0.39 is 0 Å². The van der Waals surface area contributed by atoms with Crippen LogP contribution in [0, 0.1) is 0 Å². The first kappa shape index (κ1) is 20.1. The number of amides is 1. The smallest absolute Gasteiger partial charge is 0.225 e. The molecule has 1 N–H and O–H groups in total. The van der Waals surface area contributed by atoms with Crippen LogP contribution in [0.2, 0.25) is 0 Å². The minimum absolute atomic E-state index is 0.0191. The topological polar surface area (TPSA) is 66.0 Å². The monoisotopic (exact) mass is 425 g/mol. The Bertz CT molecular complexity index is 1050. The number of methoxy groups -OCH3 is 4. The molecule has 3 aromatic rings. The highest BCUT2D eigenvalue weighted by Crippen LogP contribution is 2.49. The van der Waals surface area contributed by atoms with Gasteiger partial charge in [-0.2, -0.15) is 0 Å². The molecule has 2 heterocycles. The van der Waals surface area contributed by atoms with Crippen LogP contribution in [0.4, 0.5) is 5.69 Å². The van der Waals surface area contributed by atoms with Crippen molar-refractivity contribution < 1.29 is 23.7 Å². The zero-order valence-corrected chi connectivity index (χ0v) is 18.1. The SMILES string of the molecule is COc1ccc(-c2csc3c2NC(=O)CC3c2cc(OC)c(OC)c(OC)c2)cc1. The standard InChI is InChI=1S/C23H23NO5S/c1-26-15-7-5-13(6-8-15)17-12-30-23-16(11-20(25)24-21(17)23)14-9-18(27-2)22(29-4)19(10-14)28-3/h5-10,12,16H,11H2,1-4H3,(H,24,25). The number of carbonyl (C=O) groups excluding carboxylic acids is 1. The quantitative estimate of drug-likeness (QED) is 0.607. The molecule has 4 rings (SSSR count). The molecule has 0 radical (unpaired) electrons. The average molecular weight is 426 g/mol. The number of nitrogens with one attached hydrogen (secondary N) is 1. The summed E-state index contributed by atoms with van der Waals surface area (Å²) in [5.74, 6) is 2.36. The van der Waals surface area contributed by atoms with Crippen molar-refractivity contribution in [2.75, 3.05) is 33.8 Å². The molecular weight excluding hydrogens is 402 g/mol. The summed E-state index contributed by atoms with van der Waals surface area (Å²) in [6.45, 7) is 0. The number of rotatable bonds is 6. The maximum absolute atomic E-state index is 12.6. The van der Waals surface area contributed by atoms with Crippen LogP contribution in [-0.2, 0) is 4.79 Å². The first-order chi connectivity index (χ1) is 14.6. The van der Waals surface area contributed by atoms with Crippen molar-refractivity contribution in [3.63, 3.8) is 0 Å². The molecule has 0 saturated heterocycles. The number of carbonyl (C=O) groups is 1. The summed E-state index contributed by atoms with van der Waals surface area (Å²) in [7, 11) is 6.40. The van der Waals surface area contributed by atoms with Gasteiger partial charge in [-0.05, 0) is 35.4 Å². The van der Waals surface area contributed by atoms with E-state index in [1.165, 1.54) is 0 Å². The Morgan fingerprint density at radius 2 is 1.60 bits per heavy atom. The lowest BCUT2D eigenvalue weighted by molar-refractivity contribution is -0.116. The Morgan fingerprint density at radius 3 is 2.17 bits per heavy atom. The van der Waals surface area contributed by atoms with E-state index in [0.29, 0.717) is 23.7 Å². The van der Waals surface area contributed by atoms with Gasteiger partial charge in [-0.3, -0.25) is 4.79 Å². The Balaban J connectivity index is 1.80. The van der Waals surface area contributed by atoms with Crippen LogP contribution in [-0.4, -0.2) is 34.3 Å². The van der Waals surface area contributed by atoms with E-state index in [-0.39, 0.29) is 11.8 Å². The number of anilines is 1. The Morgan fingerprint density at radius 1 is 0.933 bits per heavy atom. The second-order valence-electron chi connectivity index (χ2n) is 6.88. The van der Waals surface area contributed by atoms with Crippen molar-refractivity contribution in [3.05, 3.63) is 52.2 Å². The maximum Gasteiger partial charge on any atom is 0.225 e. The van der Waals surface area contributed by atoms with Crippen LogP contribution in [0.1, 0.15) is 22.8 Å². The molecule has 156 valence electrons. The highest BCUT2D eigenvalue weighted by Gasteiger charge is 2.32. The summed E-state index contributed by atoms with van der Waals surface area (Å²) in [5.41, 5.74) is 3.84. The normalized spacial score (nSPS) is 15.2. The fourth-order valence-corrected chi connectivity index (χ4v) is 4.94. The molecule has 1 aliphatic rings. The van der Waals surface area contributed by atoms with Gasteiger partial charge in [0.15, 0.2) is 11.5 Å². The highest BCUT2D eigenvalue weighted by molar-refractivity contribution is 7.11. The zero-order chi connectivity index (χ0) is 21.3. The van der Waals surface area contributed by atoms with Gasteiger partial charge in [-0.1, -0.05) is 12.1 Å². The van der Waals surface area contributed by atoms with E-state index in [4.69, 9.17) is 18.9 Å². The third-order valence-electron chi connectivity index (χ3n) is 5.28. The lowest BCUT2D eigenvalue weighted by Gasteiger charge is -2.25. The second kappa shape index (κ2) is 8.28. The Labute approximate surface area is 179 Å². The van der Waals surface area contributed by atoms with Crippen LogP contribution >= 0.6 is 11.3 Å². The van der Waals surface area contributed by atoms with Crippen molar-refractivity contribution in [2.45, 2.75) is 12.3 Å². The van der Waals surface area contributed by atoms with E-state index >= 15 is 0 Å². The van der Waals surface area contributed by atoms with E-state index in [1.54, 1.807) is 39.8 Å². The summed E-state index contributed by atoms with van der Waals surface area (Å²) in [6, 6.07) is 11.7. The molecule has 2 aromatic carbocycles. The van der Waals surface area contributed by atoms with Crippen molar-refractivity contribution >= 4 is 22.9 Å². The lowest BCUT2D eigenvalue weighted by atomic mass is 9.88. The summed E-state index contributed by atoms with van der Waals surface area (Å²) < 4.78 is 21.7. The average Bonchev–Trinajstić information content (AvgIpc) is 3.21. The Hall–Kier alpha value is -3.19. The second-order valence-corrected chi connectivity index (χ2v) is 7.79. The van der Waals surface area contributed by atoms with E-state index in [0.717, 1.165) is 33.0 Å². The van der Waals surface area contributed by atoms with E-state index in [9.17, 15) is 4.79 Å². The van der Waals surface area contributed by atoms with Crippen molar-refractivity contribution in [1.82, 2.24) is 0 Å². The van der Waals surface area contributed by atoms with Gasteiger partial charge in [0.05, 0.1) is 34.1 Å². The number of fused-ring (bicyclic) bond motifs is 1. The molecule has 1 aliphatic heterocycles. The first-order valence-electron chi connectivity index (χ1n) is 9.45. The highest BCUT2D eigenvalue weighted by atomic mass is 32.1. The van der Waals surface area contributed by atoms with Gasteiger partial charge in [0.2, 0.25) is 11.7 Å². The van der Waals surface area contributed by atoms with Gasteiger partial charge in [0.25, 0.3) is 0 Å². The van der Waals surface area contributed by atoms with Gasteiger partial charge in [-0.15, -0.1) is 11.3 Å². The van der Waals surface area contributed by atoms with E-state index in [2.05, 4.69) is 10.7 Å². The molecule has 30 heavy (non-hydrogen) atoms. The lowest BCUT2D eigenvalue weighted by Crippen LogP contribution is -2.22. The molecule has 1 unspecified atom stereocenters. The van der Waals surface area contributed by atoms with Crippen molar-refractivity contribution in [2.24, 2.45) is 0 Å². The molecule has 0 aliphatic carbocycles. The van der Waals surface area contributed by atoms with Crippen LogP contribution in [0.25, 0.3) is 11.1 Å². The van der Waals surface area contributed by atoms with Gasteiger partial charge in [-0.25, -0.2) is 0 Å². The van der Waals surface area contributed by atoms with Crippen LogP contribution in [0.5, 0.6) is 23.0 Å². The number of hydrogen-bond acceptors (Lipinski definition) is 6. The van der Waals surface area contributed by atoms with Crippen LogP contribution in [0.3, 0.4) is 0 Å².